The second kappa shape index (κ2) is 7.54. The lowest BCUT2D eigenvalue weighted by molar-refractivity contribution is -0.125. The van der Waals surface area contributed by atoms with E-state index in [0.29, 0.717) is 19.7 Å². The third-order valence-corrected chi connectivity index (χ3v) is 3.58. The van der Waals surface area contributed by atoms with Gasteiger partial charge in [-0.3, -0.25) is 4.79 Å². The molecule has 0 saturated carbocycles. The lowest BCUT2D eigenvalue weighted by atomic mass is 10.1. The van der Waals surface area contributed by atoms with Crippen LogP contribution in [0.1, 0.15) is 12.0 Å². The number of carbonyl (C=O) groups is 1. The van der Waals surface area contributed by atoms with Gasteiger partial charge in [-0.1, -0.05) is 12.1 Å². The van der Waals surface area contributed by atoms with Gasteiger partial charge in [-0.25, -0.2) is 0 Å². The molecule has 0 aromatic heterocycles. The molecule has 1 aromatic rings. The van der Waals surface area contributed by atoms with Crippen LogP contribution < -0.4 is 4.90 Å². The van der Waals surface area contributed by atoms with Gasteiger partial charge in [-0.05, 0) is 44.6 Å². The van der Waals surface area contributed by atoms with Gasteiger partial charge < -0.3 is 19.6 Å². The number of nitrogens with zero attached hydrogens (tertiary/aromatic N) is 2. The highest BCUT2D eigenvalue weighted by Crippen LogP contribution is 2.18. The van der Waals surface area contributed by atoms with Crippen molar-refractivity contribution < 1.29 is 14.6 Å². The second-order valence-corrected chi connectivity index (χ2v) is 5.72. The summed E-state index contributed by atoms with van der Waals surface area (Å²) in [5, 5.41) is 9.87. The number of aliphatic hydroxyl groups excluding tert-OH is 1. The molecular formula is C16H24N2O3. The molecule has 116 valence electrons. The number of morpholine rings is 1. The average molecular weight is 292 g/mol. The minimum absolute atomic E-state index is 0.00963. The minimum atomic E-state index is -0.305. The Hall–Kier alpha value is -1.43. The lowest BCUT2D eigenvalue weighted by Gasteiger charge is -2.27. The van der Waals surface area contributed by atoms with Crippen LogP contribution in [-0.4, -0.2) is 62.4 Å². The fourth-order valence-corrected chi connectivity index (χ4v) is 2.48. The number of benzene rings is 1. The monoisotopic (exact) mass is 292 g/mol. The van der Waals surface area contributed by atoms with Crippen molar-refractivity contribution in [2.75, 3.05) is 45.3 Å². The van der Waals surface area contributed by atoms with Crippen LogP contribution in [0.25, 0.3) is 0 Å². The standard InChI is InChI=1S/C16H24N2O3/c1-17(2)11-15(19)8-5-13-3-6-14(7-4-13)18-9-10-21-12-16(18)20/h3-4,6-7,15,19H,5,8-12H2,1-2H3/t15-/m1/s1. The van der Waals surface area contributed by atoms with Gasteiger partial charge in [0.2, 0.25) is 0 Å². The number of amides is 1. The number of aliphatic hydroxyl groups is 1. The maximum absolute atomic E-state index is 11.8. The van der Waals surface area contributed by atoms with Crippen LogP contribution in [0.2, 0.25) is 0 Å². The zero-order valence-electron chi connectivity index (χ0n) is 12.8. The van der Waals surface area contributed by atoms with Crippen LogP contribution in [0.5, 0.6) is 0 Å². The molecule has 1 aliphatic heterocycles. The normalized spacial score (nSPS) is 17.3. The van der Waals surface area contributed by atoms with Crippen LogP contribution >= 0.6 is 0 Å². The zero-order chi connectivity index (χ0) is 15.2. The molecule has 1 aromatic carbocycles. The van der Waals surface area contributed by atoms with Crippen LogP contribution in [-0.2, 0) is 16.0 Å². The molecule has 1 atom stereocenters. The summed E-state index contributed by atoms with van der Waals surface area (Å²) < 4.78 is 5.13. The van der Waals surface area contributed by atoms with Crippen molar-refractivity contribution in [3.05, 3.63) is 29.8 Å². The fraction of sp³-hybridized carbons (Fsp3) is 0.562. The van der Waals surface area contributed by atoms with E-state index in [0.717, 1.165) is 18.5 Å². The maximum atomic E-state index is 11.8. The van der Waals surface area contributed by atoms with Gasteiger partial charge in [0.15, 0.2) is 0 Å². The molecule has 1 heterocycles. The summed E-state index contributed by atoms with van der Waals surface area (Å²) in [6, 6.07) is 7.99. The smallest absolute Gasteiger partial charge is 0.253 e. The third kappa shape index (κ3) is 4.81. The van der Waals surface area contributed by atoms with Gasteiger partial charge in [-0.2, -0.15) is 0 Å². The third-order valence-electron chi connectivity index (χ3n) is 3.58. The molecule has 5 nitrogen and oxygen atoms in total. The molecule has 1 saturated heterocycles. The van der Waals surface area contributed by atoms with Gasteiger partial charge >= 0.3 is 0 Å². The molecule has 0 spiro atoms. The van der Waals surface area contributed by atoms with Crippen LogP contribution in [0, 0.1) is 0 Å². The molecule has 1 aliphatic rings. The number of aryl methyl sites for hydroxylation is 1. The summed E-state index contributed by atoms with van der Waals surface area (Å²) in [6.07, 6.45) is 1.28. The molecule has 0 radical (unpaired) electrons. The Morgan fingerprint density at radius 1 is 1.33 bits per heavy atom. The van der Waals surface area contributed by atoms with Gasteiger partial charge in [0, 0.05) is 18.8 Å². The van der Waals surface area contributed by atoms with Gasteiger partial charge in [0.25, 0.3) is 5.91 Å². The van der Waals surface area contributed by atoms with E-state index < -0.39 is 0 Å². The fourth-order valence-electron chi connectivity index (χ4n) is 2.48. The predicted molar refractivity (Wildman–Crippen MR) is 82.5 cm³/mol. The quantitative estimate of drug-likeness (QED) is 0.846. The number of hydrogen-bond donors (Lipinski definition) is 1. The Bertz CT molecular complexity index is 459. The van der Waals surface area contributed by atoms with E-state index in [-0.39, 0.29) is 18.6 Å². The lowest BCUT2D eigenvalue weighted by Crippen LogP contribution is -2.41. The van der Waals surface area contributed by atoms with Crippen molar-refractivity contribution in [1.82, 2.24) is 4.90 Å². The molecule has 1 N–H and O–H groups in total. The van der Waals surface area contributed by atoms with Crippen molar-refractivity contribution in [3.63, 3.8) is 0 Å². The highest BCUT2D eigenvalue weighted by molar-refractivity contribution is 5.94. The maximum Gasteiger partial charge on any atom is 0.253 e. The van der Waals surface area contributed by atoms with E-state index in [9.17, 15) is 9.90 Å². The zero-order valence-corrected chi connectivity index (χ0v) is 12.8. The highest BCUT2D eigenvalue weighted by Gasteiger charge is 2.19. The summed E-state index contributed by atoms with van der Waals surface area (Å²) in [7, 11) is 3.91. The van der Waals surface area contributed by atoms with E-state index in [2.05, 4.69) is 0 Å². The highest BCUT2D eigenvalue weighted by atomic mass is 16.5. The molecule has 1 amide bonds. The number of ether oxygens (including phenoxy) is 1. The summed E-state index contributed by atoms with van der Waals surface area (Å²) in [5.74, 6) is 0.00963. The Kier molecular flexibility index (Phi) is 5.73. The average Bonchev–Trinajstić information content (AvgIpc) is 2.46. The number of rotatable bonds is 6. The minimum Gasteiger partial charge on any atom is -0.392 e. The summed E-state index contributed by atoms with van der Waals surface area (Å²) >= 11 is 0. The Morgan fingerprint density at radius 2 is 2.05 bits per heavy atom. The van der Waals surface area contributed by atoms with Crippen LogP contribution in [0.15, 0.2) is 24.3 Å². The Balaban J connectivity index is 1.88. The van der Waals surface area contributed by atoms with Crippen molar-refractivity contribution in [3.8, 4) is 0 Å². The number of anilines is 1. The van der Waals surface area contributed by atoms with Crippen molar-refractivity contribution >= 4 is 11.6 Å². The second-order valence-electron chi connectivity index (χ2n) is 5.72. The van der Waals surface area contributed by atoms with Gasteiger partial charge in [-0.15, -0.1) is 0 Å². The van der Waals surface area contributed by atoms with Crippen LogP contribution in [0.4, 0.5) is 5.69 Å². The Morgan fingerprint density at radius 3 is 2.67 bits per heavy atom. The molecule has 21 heavy (non-hydrogen) atoms. The summed E-state index contributed by atoms with van der Waals surface area (Å²) in [4.78, 5) is 15.5. The van der Waals surface area contributed by atoms with E-state index in [1.54, 1.807) is 4.90 Å². The first-order valence-electron chi connectivity index (χ1n) is 7.36. The largest absolute Gasteiger partial charge is 0.392 e. The van der Waals surface area contributed by atoms with Gasteiger partial charge in [0.1, 0.15) is 6.61 Å². The SMILES string of the molecule is CN(C)C[C@H](O)CCc1ccc(N2CCOCC2=O)cc1. The van der Waals surface area contributed by atoms with E-state index in [1.165, 1.54) is 5.56 Å². The molecule has 0 unspecified atom stereocenters. The van der Waals surface area contributed by atoms with E-state index >= 15 is 0 Å². The van der Waals surface area contributed by atoms with Gasteiger partial charge in [0.05, 0.1) is 12.7 Å². The predicted octanol–water partition coefficient (Wildman–Crippen LogP) is 0.905. The topological polar surface area (TPSA) is 53.0 Å². The number of hydrogen-bond acceptors (Lipinski definition) is 4. The van der Waals surface area contributed by atoms with Crippen molar-refractivity contribution in [2.45, 2.75) is 18.9 Å². The summed E-state index contributed by atoms with van der Waals surface area (Å²) in [5.41, 5.74) is 2.10. The number of carbonyl (C=O) groups excluding carboxylic acids is 1. The van der Waals surface area contributed by atoms with E-state index in [1.807, 2.05) is 43.3 Å². The molecule has 0 aliphatic carbocycles. The van der Waals surface area contributed by atoms with Crippen molar-refractivity contribution in [2.24, 2.45) is 0 Å². The van der Waals surface area contributed by atoms with Crippen LogP contribution in [0.3, 0.4) is 0 Å². The van der Waals surface area contributed by atoms with Crippen molar-refractivity contribution in [1.29, 1.82) is 0 Å². The number of likely N-dealkylation sites (N-methyl/N-ethyl adjacent to an activating group) is 1. The molecule has 0 bridgehead atoms. The first kappa shape index (κ1) is 15.9. The van der Waals surface area contributed by atoms with E-state index in [4.69, 9.17) is 4.74 Å². The molecular weight excluding hydrogens is 268 g/mol. The first-order valence-corrected chi connectivity index (χ1v) is 7.36. The molecule has 5 heteroatoms. The summed E-state index contributed by atoms with van der Waals surface area (Å²) in [6.45, 7) is 2.04. The first-order chi connectivity index (χ1) is 10.1. The Labute approximate surface area is 126 Å². The molecule has 2 rings (SSSR count). The molecule has 1 fully saturated rings.